The van der Waals surface area contributed by atoms with Gasteiger partial charge in [0, 0.05) is 5.92 Å². The van der Waals surface area contributed by atoms with Crippen LogP contribution in [-0.2, 0) is 9.53 Å². The molecule has 2 nitrogen and oxygen atoms in total. The zero-order chi connectivity index (χ0) is 10.8. The summed E-state index contributed by atoms with van der Waals surface area (Å²) in [6.45, 7) is 3.99. The minimum absolute atomic E-state index is 0.00713. The maximum absolute atomic E-state index is 11.8. The first-order chi connectivity index (χ1) is 7.24. The number of ether oxygens (including phenoxy) is 1. The van der Waals surface area contributed by atoms with Crippen LogP contribution >= 0.6 is 0 Å². The summed E-state index contributed by atoms with van der Waals surface area (Å²) in [6.07, 6.45) is 0.704. The fourth-order valence-corrected chi connectivity index (χ4v) is 1.71. The van der Waals surface area contributed by atoms with Crippen LogP contribution in [0, 0.1) is 5.92 Å². The van der Waals surface area contributed by atoms with E-state index in [1.807, 2.05) is 44.2 Å². The Balaban J connectivity index is 2.00. The van der Waals surface area contributed by atoms with Gasteiger partial charge in [-0.25, -0.2) is 0 Å². The molecular weight excluding hydrogens is 188 g/mol. The normalized spacial score (nSPS) is 26.0. The van der Waals surface area contributed by atoms with Crippen molar-refractivity contribution in [1.29, 1.82) is 0 Å². The Bertz CT molecular complexity index is 345. The van der Waals surface area contributed by atoms with Gasteiger partial charge in [-0.1, -0.05) is 44.2 Å². The molecule has 0 radical (unpaired) electrons. The fourth-order valence-electron chi connectivity index (χ4n) is 1.71. The van der Waals surface area contributed by atoms with E-state index < -0.39 is 0 Å². The molecule has 1 aromatic carbocycles. The third kappa shape index (κ3) is 2.10. The molecule has 0 bridgehead atoms. The summed E-state index contributed by atoms with van der Waals surface area (Å²) in [5, 5.41) is 0. The van der Waals surface area contributed by atoms with Crippen LogP contribution in [0.15, 0.2) is 30.3 Å². The summed E-state index contributed by atoms with van der Waals surface area (Å²) in [5.41, 5.74) is 1.11. The molecule has 3 atom stereocenters. The van der Waals surface area contributed by atoms with Crippen molar-refractivity contribution in [3.8, 4) is 0 Å². The van der Waals surface area contributed by atoms with E-state index in [0.717, 1.165) is 12.0 Å². The van der Waals surface area contributed by atoms with E-state index in [0.29, 0.717) is 0 Å². The number of hydrogen-bond donors (Lipinski definition) is 0. The highest BCUT2D eigenvalue weighted by Crippen LogP contribution is 2.40. The molecule has 1 unspecified atom stereocenters. The first kappa shape index (κ1) is 10.4. The van der Waals surface area contributed by atoms with Crippen molar-refractivity contribution in [2.75, 3.05) is 0 Å². The Kier molecular flexibility index (Phi) is 2.87. The number of carbonyl (C=O) groups is 1. The van der Waals surface area contributed by atoms with Crippen LogP contribution in [0.4, 0.5) is 0 Å². The van der Waals surface area contributed by atoms with Crippen LogP contribution in [0.25, 0.3) is 0 Å². The van der Waals surface area contributed by atoms with Crippen LogP contribution in [0.3, 0.4) is 0 Å². The first-order valence-corrected chi connectivity index (χ1v) is 5.48. The molecule has 1 aromatic rings. The number of benzene rings is 1. The molecule has 1 saturated heterocycles. The average Bonchev–Trinajstić information content (AvgIpc) is 3.08. The molecule has 1 fully saturated rings. The standard InChI is InChI=1S/C13H16O2/c1-3-9(2)11(14)13-12(15-13)10-7-5-4-6-8-10/h4-9,12-13H,3H2,1-2H3/t9?,12-,13-/m1/s1. The lowest BCUT2D eigenvalue weighted by Crippen LogP contribution is -2.16. The van der Waals surface area contributed by atoms with E-state index >= 15 is 0 Å². The van der Waals surface area contributed by atoms with Crippen LogP contribution in [-0.4, -0.2) is 11.9 Å². The monoisotopic (exact) mass is 204 g/mol. The van der Waals surface area contributed by atoms with Gasteiger partial charge in [0.2, 0.25) is 0 Å². The Labute approximate surface area is 90.3 Å². The van der Waals surface area contributed by atoms with Gasteiger partial charge >= 0.3 is 0 Å². The van der Waals surface area contributed by atoms with Gasteiger partial charge in [0.05, 0.1) is 0 Å². The molecule has 0 saturated carbocycles. The summed E-state index contributed by atoms with van der Waals surface area (Å²) in [7, 11) is 0. The molecule has 1 aliphatic heterocycles. The fraction of sp³-hybridized carbons (Fsp3) is 0.462. The van der Waals surface area contributed by atoms with E-state index in [9.17, 15) is 4.79 Å². The SMILES string of the molecule is CCC(C)C(=O)[C@H]1O[C@@H]1c1ccccc1. The maximum atomic E-state index is 11.8. The van der Waals surface area contributed by atoms with E-state index in [2.05, 4.69) is 0 Å². The third-order valence-corrected chi connectivity index (χ3v) is 3.00. The summed E-state index contributed by atoms with van der Waals surface area (Å²) >= 11 is 0. The number of Topliss-reactive ketones (excluding diaryl/α,β-unsaturated/α-hetero) is 1. The number of epoxide rings is 1. The second-order valence-electron chi connectivity index (χ2n) is 4.10. The minimum Gasteiger partial charge on any atom is -0.356 e. The number of ketones is 1. The maximum Gasteiger partial charge on any atom is 0.167 e. The smallest absolute Gasteiger partial charge is 0.167 e. The lowest BCUT2D eigenvalue weighted by molar-refractivity contribution is -0.123. The Morgan fingerprint density at radius 1 is 1.40 bits per heavy atom. The second-order valence-corrected chi connectivity index (χ2v) is 4.10. The zero-order valence-corrected chi connectivity index (χ0v) is 9.14. The molecule has 2 heteroatoms. The Hall–Kier alpha value is -1.15. The van der Waals surface area contributed by atoms with Crippen molar-refractivity contribution in [2.24, 2.45) is 5.92 Å². The summed E-state index contributed by atoms with van der Waals surface area (Å²) in [5.74, 6) is 0.357. The van der Waals surface area contributed by atoms with Crippen molar-refractivity contribution in [3.05, 3.63) is 35.9 Å². The van der Waals surface area contributed by atoms with Crippen molar-refractivity contribution in [1.82, 2.24) is 0 Å². The molecule has 15 heavy (non-hydrogen) atoms. The lowest BCUT2D eigenvalue weighted by Gasteiger charge is -2.03. The van der Waals surface area contributed by atoms with E-state index in [1.54, 1.807) is 0 Å². The van der Waals surface area contributed by atoms with E-state index in [4.69, 9.17) is 4.74 Å². The number of carbonyl (C=O) groups excluding carboxylic acids is 1. The Morgan fingerprint density at radius 3 is 2.67 bits per heavy atom. The molecule has 1 aliphatic rings. The van der Waals surface area contributed by atoms with Gasteiger partial charge in [-0.15, -0.1) is 0 Å². The van der Waals surface area contributed by atoms with Gasteiger partial charge in [0.15, 0.2) is 5.78 Å². The van der Waals surface area contributed by atoms with E-state index in [1.165, 1.54) is 0 Å². The van der Waals surface area contributed by atoms with E-state index in [-0.39, 0.29) is 23.9 Å². The first-order valence-electron chi connectivity index (χ1n) is 5.48. The molecule has 1 heterocycles. The quantitative estimate of drug-likeness (QED) is 0.706. The Morgan fingerprint density at radius 2 is 2.07 bits per heavy atom. The molecule has 0 spiro atoms. The van der Waals surface area contributed by atoms with Crippen LogP contribution in [0.1, 0.15) is 31.9 Å². The van der Waals surface area contributed by atoms with Gasteiger partial charge in [0.1, 0.15) is 12.2 Å². The van der Waals surface area contributed by atoms with Crippen molar-refractivity contribution < 1.29 is 9.53 Å². The molecule has 0 amide bonds. The minimum atomic E-state index is -0.192. The average molecular weight is 204 g/mol. The highest BCUT2D eigenvalue weighted by Gasteiger charge is 2.46. The molecule has 0 N–H and O–H groups in total. The molecule has 0 aromatic heterocycles. The molecular formula is C13H16O2. The van der Waals surface area contributed by atoms with Gasteiger partial charge in [-0.3, -0.25) is 4.79 Å². The summed E-state index contributed by atoms with van der Waals surface area (Å²) < 4.78 is 5.44. The van der Waals surface area contributed by atoms with Gasteiger partial charge in [-0.05, 0) is 12.0 Å². The van der Waals surface area contributed by atoms with Gasteiger partial charge in [-0.2, -0.15) is 0 Å². The van der Waals surface area contributed by atoms with Crippen LogP contribution < -0.4 is 0 Å². The van der Waals surface area contributed by atoms with Crippen LogP contribution in [0.2, 0.25) is 0 Å². The summed E-state index contributed by atoms with van der Waals surface area (Å²) in [6, 6.07) is 9.93. The third-order valence-electron chi connectivity index (χ3n) is 3.00. The largest absolute Gasteiger partial charge is 0.356 e. The number of hydrogen-bond acceptors (Lipinski definition) is 2. The van der Waals surface area contributed by atoms with Crippen LogP contribution in [0.5, 0.6) is 0 Å². The lowest BCUT2D eigenvalue weighted by atomic mass is 9.98. The molecule has 80 valence electrons. The van der Waals surface area contributed by atoms with Gasteiger partial charge in [0.25, 0.3) is 0 Å². The van der Waals surface area contributed by atoms with Gasteiger partial charge < -0.3 is 4.74 Å². The summed E-state index contributed by atoms with van der Waals surface area (Å²) in [4.78, 5) is 11.8. The topological polar surface area (TPSA) is 29.6 Å². The highest BCUT2D eigenvalue weighted by atomic mass is 16.6. The van der Waals surface area contributed by atoms with Crippen molar-refractivity contribution in [3.63, 3.8) is 0 Å². The predicted molar refractivity (Wildman–Crippen MR) is 58.5 cm³/mol. The zero-order valence-electron chi connectivity index (χ0n) is 9.14. The highest BCUT2D eigenvalue weighted by molar-refractivity contribution is 5.88. The molecule has 0 aliphatic carbocycles. The van der Waals surface area contributed by atoms with Crippen molar-refractivity contribution in [2.45, 2.75) is 32.5 Å². The molecule has 2 rings (SSSR count). The predicted octanol–water partition coefficient (Wildman–Crippen LogP) is 2.74. The van der Waals surface area contributed by atoms with Crippen molar-refractivity contribution >= 4 is 5.78 Å². The second kappa shape index (κ2) is 4.15. The number of rotatable bonds is 4.